The Labute approximate surface area is 95.5 Å². The van der Waals surface area contributed by atoms with Gasteiger partial charge in [-0.1, -0.05) is 18.2 Å². The Hall–Kier alpha value is -2.02. The van der Waals surface area contributed by atoms with Crippen molar-refractivity contribution in [2.75, 3.05) is 11.9 Å². The predicted molar refractivity (Wildman–Crippen MR) is 62.9 cm³/mol. The molecule has 0 atom stereocenters. The lowest BCUT2D eigenvalue weighted by molar-refractivity contribution is 0.205. The first-order chi connectivity index (χ1) is 7.65. The first-order valence-corrected chi connectivity index (χ1v) is 5.14. The van der Waals surface area contributed by atoms with Gasteiger partial charge in [0.15, 0.2) is 0 Å². The molecule has 2 amide bonds. The van der Waals surface area contributed by atoms with Gasteiger partial charge in [-0.05, 0) is 26.0 Å². The van der Waals surface area contributed by atoms with Crippen molar-refractivity contribution in [3.63, 3.8) is 0 Å². The lowest BCUT2D eigenvalue weighted by Gasteiger charge is -2.24. The van der Waals surface area contributed by atoms with E-state index in [2.05, 4.69) is 5.32 Å². The Bertz CT molecular complexity index is 381. The van der Waals surface area contributed by atoms with E-state index in [9.17, 15) is 4.79 Å². The predicted octanol–water partition coefficient (Wildman–Crippen LogP) is 2.45. The van der Waals surface area contributed by atoms with E-state index in [-0.39, 0.29) is 18.6 Å². The third kappa shape index (κ3) is 3.28. The number of nitriles is 1. The first-order valence-electron chi connectivity index (χ1n) is 5.14. The minimum Gasteiger partial charge on any atom is -0.309 e. The maximum absolute atomic E-state index is 11.8. The molecule has 0 heterocycles. The molecule has 0 aliphatic rings. The van der Waals surface area contributed by atoms with Crippen LogP contribution in [0.1, 0.15) is 13.8 Å². The van der Waals surface area contributed by atoms with Gasteiger partial charge in [-0.3, -0.25) is 0 Å². The summed E-state index contributed by atoms with van der Waals surface area (Å²) in [5, 5.41) is 11.4. The van der Waals surface area contributed by atoms with Crippen molar-refractivity contribution in [1.82, 2.24) is 4.90 Å². The summed E-state index contributed by atoms with van der Waals surface area (Å²) in [6, 6.07) is 10.9. The number of nitrogens with one attached hydrogen (secondary N) is 1. The summed E-state index contributed by atoms with van der Waals surface area (Å²) in [6.45, 7) is 3.85. The topological polar surface area (TPSA) is 56.1 Å². The van der Waals surface area contributed by atoms with Crippen LogP contribution in [0.3, 0.4) is 0 Å². The number of para-hydroxylation sites is 1. The SMILES string of the molecule is CC(C)N(CC#N)C(=O)Nc1ccccc1. The summed E-state index contributed by atoms with van der Waals surface area (Å²) in [6.07, 6.45) is 0. The Balaban J connectivity index is 2.67. The molecule has 0 aromatic heterocycles. The number of amides is 2. The molecule has 1 aromatic rings. The highest BCUT2D eigenvalue weighted by molar-refractivity contribution is 5.89. The van der Waals surface area contributed by atoms with Crippen molar-refractivity contribution in [2.24, 2.45) is 0 Å². The van der Waals surface area contributed by atoms with Gasteiger partial charge >= 0.3 is 6.03 Å². The Morgan fingerprint density at radius 2 is 2.06 bits per heavy atom. The minimum absolute atomic E-state index is 0.00311. The van der Waals surface area contributed by atoms with Crippen LogP contribution in [0.15, 0.2) is 30.3 Å². The Morgan fingerprint density at radius 3 is 2.56 bits per heavy atom. The quantitative estimate of drug-likeness (QED) is 0.790. The molecular weight excluding hydrogens is 202 g/mol. The fourth-order valence-electron chi connectivity index (χ4n) is 1.28. The molecule has 0 saturated carbocycles. The fraction of sp³-hybridized carbons (Fsp3) is 0.333. The molecule has 0 radical (unpaired) electrons. The maximum atomic E-state index is 11.8. The monoisotopic (exact) mass is 217 g/mol. The average molecular weight is 217 g/mol. The molecule has 4 heteroatoms. The molecule has 1 N–H and O–H groups in total. The zero-order valence-electron chi connectivity index (χ0n) is 9.47. The summed E-state index contributed by atoms with van der Waals surface area (Å²) >= 11 is 0. The highest BCUT2D eigenvalue weighted by Crippen LogP contribution is 2.08. The van der Waals surface area contributed by atoms with Crippen molar-refractivity contribution in [1.29, 1.82) is 5.26 Å². The Morgan fingerprint density at radius 1 is 1.44 bits per heavy atom. The first kappa shape index (κ1) is 12.1. The molecule has 16 heavy (non-hydrogen) atoms. The van der Waals surface area contributed by atoms with Crippen LogP contribution in [0.5, 0.6) is 0 Å². The zero-order valence-corrected chi connectivity index (χ0v) is 9.47. The molecule has 0 fully saturated rings. The molecule has 0 spiro atoms. The van der Waals surface area contributed by atoms with Crippen LogP contribution in [-0.4, -0.2) is 23.5 Å². The van der Waals surface area contributed by atoms with Crippen LogP contribution in [0.4, 0.5) is 10.5 Å². The van der Waals surface area contributed by atoms with Crippen LogP contribution in [0.25, 0.3) is 0 Å². The molecule has 4 nitrogen and oxygen atoms in total. The van der Waals surface area contributed by atoms with E-state index >= 15 is 0 Å². The smallest absolute Gasteiger partial charge is 0.309 e. The highest BCUT2D eigenvalue weighted by atomic mass is 16.2. The number of carbonyl (C=O) groups excluding carboxylic acids is 1. The third-order valence-electron chi connectivity index (χ3n) is 2.15. The second-order valence-electron chi connectivity index (χ2n) is 3.68. The number of benzene rings is 1. The largest absolute Gasteiger partial charge is 0.322 e. The molecule has 0 saturated heterocycles. The van der Waals surface area contributed by atoms with Crippen LogP contribution in [-0.2, 0) is 0 Å². The van der Waals surface area contributed by atoms with E-state index in [1.165, 1.54) is 4.90 Å². The van der Waals surface area contributed by atoms with Crippen molar-refractivity contribution in [2.45, 2.75) is 19.9 Å². The van der Waals surface area contributed by atoms with Gasteiger partial charge in [0, 0.05) is 11.7 Å². The second kappa shape index (κ2) is 5.76. The molecule has 0 aliphatic heterocycles. The number of nitrogens with zero attached hydrogens (tertiary/aromatic N) is 2. The summed E-state index contributed by atoms with van der Waals surface area (Å²) in [5.74, 6) is 0. The molecule has 1 rings (SSSR count). The molecule has 84 valence electrons. The van der Waals surface area contributed by atoms with Crippen LogP contribution in [0, 0.1) is 11.3 Å². The Kier molecular flexibility index (Phi) is 4.34. The molecule has 0 aliphatic carbocycles. The number of urea groups is 1. The van der Waals surface area contributed by atoms with Gasteiger partial charge in [0.25, 0.3) is 0 Å². The number of hydrogen-bond acceptors (Lipinski definition) is 2. The average Bonchev–Trinajstić information content (AvgIpc) is 2.26. The van der Waals surface area contributed by atoms with E-state index in [0.29, 0.717) is 0 Å². The van der Waals surface area contributed by atoms with E-state index in [1.807, 2.05) is 50.2 Å². The zero-order chi connectivity index (χ0) is 12.0. The van der Waals surface area contributed by atoms with Gasteiger partial charge in [-0.2, -0.15) is 5.26 Å². The van der Waals surface area contributed by atoms with E-state index in [4.69, 9.17) is 5.26 Å². The van der Waals surface area contributed by atoms with Gasteiger partial charge in [-0.15, -0.1) is 0 Å². The highest BCUT2D eigenvalue weighted by Gasteiger charge is 2.15. The van der Waals surface area contributed by atoms with Crippen LogP contribution >= 0.6 is 0 Å². The standard InChI is InChI=1S/C12H15N3O/c1-10(2)15(9-8-13)12(16)14-11-6-4-3-5-7-11/h3-7,10H,9H2,1-2H3,(H,14,16). The fourth-order valence-corrected chi connectivity index (χ4v) is 1.28. The van der Waals surface area contributed by atoms with Gasteiger partial charge < -0.3 is 10.2 Å². The summed E-state index contributed by atoms with van der Waals surface area (Å²) in [5.41, 5.74) is 0.732. The second-order valence-corrected chi connectivity index (χ2v) is 3.68. The molecular formula is C12H15N3O. The van der Waals surface area contributed by atoms with E-state index < -0.39 is 0 Å². The summed E-state index contributed by atoms with van der Waals surface area (Å²) < 4.78 is 0. The van der Waals surface area contributed by atoms with Crippen molar-refractivity contribution in [3.8, 4) is 6.07 Å². The number of anilines is 1. The maximum Gasteiger partial charge on any atom is 0.322 e. The van der Waals surface area contributed by atoms with Crippen LogP contribution in [0.2, 0.25) is 0 Å². The number of rotatable bonds is 3. The van der Waals surface area contributed by atoms with Gasteiger partial charge in [0.2, 0.25) is 0 Å². The van der Waals surface area contributed by atoms with Crippen molar-refractivity contribution in [3.05, 3.63) is 30.3 Å². The third-order valence-corrected chi connectivity index (χ3v) is 2.15. The normalized spacial score (nSPS) is 9.62. The lowest BCUT2D eigenvalue weighted by atomic mass is 10.3. The molecule has 1 aromatic carbocycles. The molecule has 0 unspecified atom stereocenters. The van der Waals surface area contributed by atoms with Crippen molar-refractivity contribution >= 4 is 11.7 Å². The van der Waals surface area contributed by atoms with E-state index in [0.717, 1.165) is 5.69 Å². The molecule has 0 bridgehead atoms. The van der Waals surface area contributed by atoms with Crippen molar-refractivity contribution < 1.29 is 4.79 Å². The summed E-state index contributed by atoms with van der Waals surface area (Å²) in [4.78, 5) is 13.3. The van der Waals surface area contributed by atoms with Crippen LogP contribution < -0.4 is 5.32 Å². The van der Waals surface area contributed by atoms with Gasteiger partial charge in [-0.25, -0.2) is 4.79 Å². The lowest BCUT2D eigenvalue weighted by Crippen LogP contribution is -2.40. The van der Waals surface area contributed by atoms with E-state index in [1.54, 1.807) is 0 Å². The van der Waals surface area contributed by atoms with Gasteiger partial charge in [0.05, 0.1) is 6.07 Å². The van der Waals surface area contributed by atoms with Gasteiger partial charge in [0.1, 0.15) is 6.54 Å². The number of hydrogen-bond donors (Lipinski definition) is 1. The minimum atomic E-state index is -0.247. The summed E-state index contributed by atoms with van der Waals surface area (Å²) in [7, 11) is 0. The number of carbonyl (C=O) groups is 1.